The fraction of sp³-hybridized carbons (Fsp3) is 0.286. The summed E-state index contributed by atoms with van der Waals surface area (Å²) < 4.78 is 3.51. The topological polar surface area (TPSA) is 37.0 Å². The Morgan fingerprint density at radius 3 is 2.72 bits per heavy atom. The van der Waals surface area contributed by atoms with Gasteiger partial charge in [-0.2, -0.15) is 0 Å². The summed E-state index contributed by atoms with van der Waals surface area (Å²) in [7, 11) is 0. The van der Waals surface area contributed by atoms with E-state index in [1.807, 2.05) is 12.4 Å². The van der Waals surface area contributed by atoms with E-state index in [9.17, 15) is 0 Å². The van der Waals surface area contributed by atoms with Gasteiger partial charge in [-0.3, -0.25) is 9.71 Å². The summed E-state index contributed by atoms with van der Waals surface area (Å²) in [5.41, 5.74) is 2.70. The van der Waals surface area contributed by atoms with Gasteiger partial charge < -0.3 is 5.32 Å². The maximum Gasteiger partial charge on any atom is 0.0346 e. The predicted octanol–water partition coefficient (Wildman–Crippen LogP) is 4.36. The molecule has 0 amide bonds. The predicted molar refractivity (Wildman–Crippen MR) is 108 cm³/mol. The van der Waals surface area contributed by atoms with Gasteiger partial charge in [0.15, 0.2) is 0 Å². The molecule has 0 saturated heterocycles. The van der Waals surface area contributed by atoms with Gasteiger partial charge in [0.05, 0.1) is 0 Å². The van der Waals surface area contributed by atoms with Gasteiger partial charge in [0, 0.05) is 35.3 Å². The molecule has 3 aromatic rings. The summed E-state index contributed by atoms with van der Waals surface area (Å²) >= 11 is 1.69. The van der Waals surface area contributed by atoms with E-state index in [0.717, 1.165) is 19.5 Å². The Bertz CT molecular complexity index is 802. The number of nitrogens with zero attached hydrogens (tertiary/aromatic N) is 1. The minimum absolute atomic E-state index is 0.399. The molecule has 2 aromatic carbocycles. The molecule has 0 saturated carbocycles. The van der Waals surface area contributed by atoms with Gasteiger partial charge in [-0.25, -0.2) is 0 Å². The Labute approximate surface area is 154 Å². The highest BCUT2D eigenvalue weighted by atomic mass is 32.2. The molecule has 0 spiro atoms. The molecular formula is C21H25N3S. The molecule has 2 N–H and O–H groups in total. The summed E-state index contributed by atoms with van der Waals surface area (Å²) in [6.45, 7) is 6.29. The molecule has 0 bridgehead atoms. The van der Waals surface area contributed by atoms with E-state index in [1.54, 1.807) is 11.9 Å². The highest BCUT2D eigenvalue weighted by Crippen LogP contribution is 2.21. The molecule has 25 heavy (non-hydrogen) atoms. The zero-order chi connectivity index (χ0) is 17.5. The Morgan fingerprint density at radius 2 is 1.88 bits per heavy atom. The van der Waals surface area contributed by atoms with E-state index >= 15 is 0 Å². The monoisotopic (exact) mass is 351 g/mol. The van der Waals surface area contributed by atoms with Crippen molar-refractivity contribution in [3.05, 3.63) is 72.1 Å². The third-order valence-corrected chi connectivity index (χ3v) is 5.16. The highest BCUT2D eigenvalue weighted by molar-refractivity contribution is 7.97. The fourth-order valence-corrected chi connectivity index (χ4v) is 3.38. The van der Waals surface area contributed by atoms with Crippen LogP contribution in [0.5, 0.6) is 0 Å². The largest absolute Gasteiger partial charge is 0.315 e. The normalized spacial score (nSPS) is 12.4. The average molecular weight is 352 g/mol. The number of pyridine rings is 1. The second-order valence-electron chi connectivity index (χ2n) is 6.45. The highest BCUT2D eigenvalue weighted by Gasteiger charge is 2.03. The van der Waals surface area contributed by atoms with Gasteiger partial charge in [0.25, 0.3) is 0 Å². The minimum Gasteiger partial charge on any atom is -0.315 e. The molecular weight excluding hydrogens is 326 g/mol. The van der Waals surface area contributed by atoms with E-state index in [0.29, 0.717) is 6.04 Å². The first-order chi connectivity index (χ1) is 12.2. The lowest BCUT2D eigenvalue weighted by Crippen LogP contribution is -2.33. The van der Waals surface area contributed by atoms with Gasteiger partial charge in [-0.1, -0.05) is 35.9 Å². The van der Waals surface area contributed by atoms with E-state index < -0.39 is 0 Å². The number of aryl methyl sites for hydroxylation is 1. The van der Waals surface area contributed by atoms with Crippen LogP contribution in [0.25, 0.3) is 10.8 Å². The number of rotatable bonds is 8. The molecule has 3 nitrogen and oxygen atoms in total. The zero-order valence-corrected chi connectivity index (χ0v) is 15.6. The molecule has 4 heteroatoms. The van der Waals surface area contributed by atoms with Crippen LogP contribution in [-0.4, -0.2) is 24.1 Å². The molecule has 0 aliphatic heterocycles. The van der Waals surface area contributed by atoms with Crippen molar-refractivity contribution in [3.8, 4) is 0 Å². The van der Waals surface area contributed by atoms with Crippen LogP contribution >= 0.6 is 11.9 Å². The molecule has 1 aromatic heterocycles. The van der Waals surface area contributed by atoms with Crippen molar-refractivity contribution < 1.29 is 0 Å². The van der Waals surface area contributed by atoms with Crippen LogP contribution in [0.1, 0.15) is 18.1 Å². The SMILES string of the molecule is Cc1ccc(CCNC[C@@H](C)NSc2ccc3cnccc3c2)cc1. The molecule has 1 heterocycles. The van der Waals surface area contributed by atoms with Crippen molar-refractivity contribution >= 4 is 22.7 Å². The molecule has 0 unspecified atom stereocenters. The molecule has 130 valence electrons. The molecule has 3 rings (SSSR count). The maximum absolute atomic E-state index is 4.15. The summed E-state index contributed by atoms with van der Waals surface area (Å²) in [5, 5.41) is 5.94. The van der Waals surface area contributed by atoms with Crippen LogP contribution in [-0.2, 0) is 6.42 Å². The van der Waals surface area contributed by atoms with Crippen molar-refractivity contribution in [1.29, 1.82) is 0 Å². The van der Waals surface area contributed by atoms with Crippen LogP contribution in [0.15, 0.2) is 65.8 Å². The molecule has 0 aliphatic rings. The zero-order valence-electron chi connectivity index (χ0n) is 14.8. The first-order valence-corrected chi connectivity index (χ1v) is 9.55. The van der Waals surface area contributed by atoms with Crippen molar-refractivity contribution in [2.24, 2.45) is 0 Å². The summed E-state index contributed by atoms with van der Waals surface area (Å²) in [4.78, 5) is 5.38. The standard InChI is InChI=1S/C21H25N3S/c1-16-3-5-18(6-4-16)9-11-22-14-17(2)24-25-21-8-7-20-15-23-12-10-19(20)13-21/h3-8,10,12-13,15,17,22,24H,9,11,14H2,1-2H3/t17-/m1/s1. The summed E-state index contributed by atoms with van der Waals surface area (Å²) in [6, 6.07) is 17.7. The average Bonchev–Trinajstić information content (AvgIpc) is 2.65. The Morgan fingerprint density at radius 1 is 1.04 bits per heavy atom. The van der Waals surface area contributed by atoms with Gasteiger partial charge >= 0.3 is 0 Å². The first kappa shape index (κ1) is 17.9. The van der Waals surface area contributed by atoms with Crippen molar-refractivity contribution in [1.82, 2.24) is 15.0 Å². The Kier molecular flexibility index (Phi) is 6.45. The summed E-state index contributed by atoms with van der Waals surface area (Å²) in [5.74, 6) is 0. The second-order valence-corrected chi connectivity index (χ2v) is 7.36. The van der Waals surface area contributed by atoms with Crippen molar-refractivity contribution in [3.63, 3.8) is 0 Å². The van der Waals surface area contributed by atoms with Gasteiger partial charge in [0.1, 0.15) is 0 Å². The van der Waals surface area contributed by atoms with Crippen LogP contribution in [0.2, 0.25) is 0 Å². The molecule has 0 radical (unpaired) electrons. The lowest BCUT2D eigenvalue weighted by atomic mass is 10.1. The van der Waals surface area contributed by atoms with Gasteiger partial charge in [-0.15, -0.1) is 0 Å². The number of fused-ring (bicyclic) bond motifs is 1. The van der Waals surface area contributed by atoms with E-state index in [-0.39, 0.29) is 0 Å². The summed E-state index contributed by atoms with van der Waals surface area (Å²) in [6.07, 6.45) is 4.81. The Balaban J connectivity index is 1.38. The number of hydrogen-bond acceptors (Lipinski definition) is 4. The smallest absolute Gasteiger partial charge is 0.0346 e. The lowest BCUT2D eigenvalue weighted by molar-refractivity contribution is 0.586. The third kappa shape index (κ3) is 5.56. The first-order valence-electron chi connectivity index (χ1n) is 8.73. The van der Waals surface area contributed by atoms with E-state index in [2.05, 4.69) is 77.4 Å². The van der Waals surface area contributed by atoms with E-state index in [1.165, 1.54) is 26.8 Å². The van der Waals surface area contributed by atoms with Crippen LogP contribution in [0, 0.1) is 6.92 Å². The minimum atomic E-state index is 0.399. The van der Waals surface area contributed by atoms with Crippen LogP contribution in [0.3, 0.4) is 0 Å². The molecule has 0 fully saturated rings. The Hall–Kier alpha value is -1.88. The lowest BCUT2D eigenvalue weighted by Gasteiger charge is -2.14. The van der Waals surface area contributed by atoms with Crippen molar-refractivity contribution in [2.45, 2.75) is 31.2 Å². The van der Waals surface area contributed by atoms with E-state index in [4.69, 9.17) is 0 Å². The van der Waals surface area contributed by atoms with Gasteiger partial charge in [-0.05, 0) is 67.9 Å². The van der Waals surface area contributed by atoms with Crippen LogP contribution < -0.4 is 10.0 Å². The maximum atomic E-state index is 4.15. The number of aromatic nitrogens is 1. The number of nitrogens with one attached hydrogen (secondary N) is 2. The third-order valence-electron chi connectivity index (χ3n) is 4.15. The van der Waals surface area contributed by atoms with Gasteiger partial charge in [0.2, 0.25) is 0 Å². The second kappa shape index (κ2) is 8.99. The van der Waals surface area contributed by atoms with Crippen LogP contribution in [0.4, 0.5) is 0 Å². The quantitative estimate of drug-likeness (QED) is 0.467. The molecule has 0 aliphatic carbocycles. The molecule has 1 atom stereocenters. The van der Waals surface area contributed by atoms with Crippen molar-refractivity contribution in [2.75, 3.05) is 13.1 Å². The fourth-order valence-electron chi connectivity index (χ4n) is 2.64. The number of benzene rings is 2. The number of hydrogen-bond donors (Lipinski definition) is 2.